The Labute approximate surface area is 119 Å². The first kappa shape index (κ1) is 14.6. The van der Waals surface area contributed by atoms with E-state index in [4.69, 9.17) is 5.11 Å². The van der Waals surface area contributed by atoms with Crippen molar-refractivity contribution in [1.29, 1.82) is 0 Å². The van der Waals surface area contributed by atoms with Crippen molar-refractivity contribution in [3.8, 4) is 0 Å². The Kier molecular flexibility index (Phi) is 4.43. The second-order valence-corrected chi connectivity index (χ2v) is 5.69. The van der Waals surface area contributed by atoms with E-state index in [1.807, 2.05) is 6.26 Å². The van der Waals surface area contributed by atoms with Gasteiger partial charge in [-0.05, 0) is 19.1 Å². The summed E-state index contributed by atoms with van der Waals surface area (Å²) >= 11 is 1.73. The summed E-state index contributed by atoms with van der Waals surface area (Å²) in [6.07, 6.45) is 6.23. The van der Waals surface area contributed by atoms with Crippen molar-refractivity contribution in [3.63, 3.8) is 0 Å². The maximum absolute atomic E-state index is 11.0. The number of carboxylic acid groups (broad SMARTS) is 1. The molecule has 1 aromatic heterocycles. The molecule has 1 saturated carbocycles. The quantitative estimate of drug-likeness (QED) is 0.635. The smallest absolute Gasteiger partial charge is 0.337 e. The molecule has 2 atom stereocenters. The van der Waals surface area contributed by atoms with Crippen molar-refractivity contribution in [2.45, 2.75) is 30.6 Å². The molecular formula is C12H15N3O4S. The van der Waals surface area contributed by atoms with E-state index >= 15 is 0 Å². The van der Waals surface area contributed by atoms with E-state index in [1.54, 1.807) is 11.8 Å². The molecule has 0 amide bonds. The van der Waals surface area contributed by atoms with Gasteiger partial charge in [-0.15, -0.1) is 0 Å². The highest BCUT2D eigenvalue weighted by Crippen LogP contribution is 2.32. The molecular weight excluding hydrogens is 282 g/mol. The molecule has 2 rings (SSSR count). The molecule has 2 unspecified atom stereocenters. The summed E-state index contributed by atoms with van der Waals surface area (Å²) in [4.78, 5) is 25.2. The summed E-state index contributed by atoms with van der Waals surface area (Å²) in [5.41, 5.74) is -0.480. The van der Waals surface area contributed by atoms with Gasteiger partial charge in [-0.25, -0.2) is 9.78 Å². The van der Waals surface area contributed by atoms with Crippen molar-refractivity contribution in [2.75, 3.05) is 11.6 Å². The van der Waals surface area contributed by atoms with E-state index in [0.717, 1.165) is 31.5 Å². The van der Waals surface area contributed by atoms with Gasteiger partial charge in [0.15, 0.2) is 0 Å². The third-order valence-corrected chi connectivity index (χ3v) is 4.56. The summed E-state index contributed by atoms with van der Waals surface area (Å²) < 4.78 is 0. The maximum Gasteiger partial charge on any atom is 0.337 e. The minimum Gasteiger partial charge on any atom is -0.478 e. The van der Waals surface area contributed by atoms with Gasteiger partial charge in [0.1, 0.15) is 0 Å². The Balaban J connectivity index is 2.27. The van der Waals surface area contributed by atoms with Gasteiger partial charge in [0.05, 0.1) is 10.5 Å². The standard InChI is InChI=1S/C12H15N3O4S/c1-20-10-4-2-3-8(10)14-11-9(15(18)19)5-7(6-13-11)12(16)17/h5-6,8,10H,2-4H2,1H3,(H,13,14)(H,16,17). The Morgan fingerprint density at radius 2 is 2.35 bits per heavy atom. The number of thioether (sulfide) groups is 1. The van der Waals surface area contributed by atoms with Crippen LogP contribution in [0, 0.1) is 10.1 Å². The van der Waals surface area contributed by atoms with Crippen LogP contribution in [0.5, 0.6) is 0 Å². The molecule has 0 aliphatic heterocycles. The molecule has 20 heavy (non-hydrogen) atoms. The number of hydrogen-bond donors (Lipinski definition) is 2. The van der Waals surface area contributed by atoms with Crippen molar-refractivity contribution in [2.24, 2.45) is 0 Å². The van der Waals surface area contributed by atoms with Crippen LogP contribution in [0.2, 0.25) is 0 Å². The molecule has 1 aliphatic rings. The zero-order valence-corrected chi connectivity index (χ0v) is 11.7. The lowest BCUT2D eigenvalue weighted by Gasteiger charge is -2.19. The number of nitrogens with zero attached hydrogens (tertiary/aromatic N) is 2. The first-order chi connectivity index (χ1) is 9.52. The van der Waals surface area contributed by atoms with Crippen LogP contribution in [0.3, 0.4) is 0 Å². The highest BCUT2D eigenvalue weighted by Gasteiger charge is 2.29. The first-order valence-corrected chi connectivity index (χ1v) is 7.48. The van der Waals surface area contributed by atoms with Crippen LogP contribution in [0.1, 0.15) is 29.6 Å². The highest BCUT2D eigenvalue weighted by atomic mass is 32.2. The molecule has 0 saturated heterocycles. The van der Waals surface area contributed by atoms with Gasteiger partial charge in [-0.3, -0.25) is 10.1 Å². The average Bonchev–Trinajstić information content (AvgIpc) is 2.85. The fourth-order valence-electron chi connectivity index (χ4n) is 2.37. The number of nitrogens with one attached hydrogen (secondary N) is 1. The van der Waals surface area contributed by atoms with Gasteiger partial charge in [0, 0.05) is 23.6 Å². The van der Waals surface area contributed by atoms with E-state index in [2.05, 4.69) is 10.3 Å². The number of nitro groups is 1. The summed E-state index contributed by atoms with van der Waals surface area (Å²) in [7, 11) is 0. The van der Waals surface area contributed by atoms with Crippen molar-refractivity contribution >= 4 is 29.2 Å². The third-order valence-electron chi connectivity index (χ3n) is 3.39. The normalized spacial score (nSPS) is 21.6. The Hall–Kier alpha value is -1.83. The zero-order valence-electron chi connectivity index (χ0n) is 10.9. The number of carbonyl (C=O) groups is 1. The van der Waals surface area contributed by atoms with E-state index in [1.165, 1.54) is 0 Å². The predicted molar refractivity (Wildman–Crippen MR) is 76.4 cm³/mol. The predicted octanol–water partition coefficient (Wildman–Crippen LogP) is 2.38. The second-order valence-electron chi connectivity index (χ2n) is 4.61. The van der Waals surface area contributed by atoms with Crippen LogP contribution in [-0.4, -0.2) is 38.5 Å². The van der Waals surface area contributed by atoms with Crippen molar-refractivity contribution in [3.05, 3.63) is 27.9 Å². The van der Waals surface area contributed by atoms with Gasteiger partial charge < -0.3 is 10.4 Å². The largest absolute Gasteiger partial charge is 0.478 e. The summed E-state index contributed by atoms with van der Waals surface area (Å²) in [6.45, 7) is 0. The SMILES string of the molecule is CSC1CCCC1Nc1ncc(C(=O)O)cc1[N+](=O)[O-]. The minimum absolute atomic E-state index is 0.131. The summed E-state index contributed by atoms with van der Waals surface area (Å²) in [6, 6.07) is 1.17. The van der Waals surface area contributed by atoms with Gasteiger partial charge in [0.25, 0.3) is 0 Å². The molecule has 0 bridgehead atoms. The molecule has 1 fully saturated rings. The summed E-state index contributed by atoms with van der Waals surface area (Å²) in [5.74, 6) is -1.08. The molecule has 1 heterocycles. The maximum atomic E-state index is 11.0. The molecule has 0 spiro atoms. The van der Waals surface area contributed by atoms with E-state index in [-0.39, 0.29) is 23.1 Å². The number of carboxylic acids is 1. The number of aromatic carboxylic acids is 1. The zero-order chi connectivity index (χ0) is 14.7. The summed E-state index contributed by atoms with van der Waals surface area (Å²) in [5, 5.41) is 23.4. The molecule has 108 valence electrons. The average molecular weight is 297 g/mol. The molecule has 0 aromatic carbocycles. The number of anilines is 1. The lowest BCUT2D eigenvalue weighted by atomic mass is 10.2. The fourth-order valence-corrected chi connectivity index (χ4v) is 3.30. The van der Waals surface area contributed by atoms with E-state index in [0.29, 0.717) is 5.25 Å². The minimum atomic E-state index is -1.23. The first-order valence-electron chi connectivity index (χ1n) is 6.20. The topological polar surface area (TPSA) is 105 Å². The van der Waals surface area contributed by atoms with Crippen LogP contribution >= 0.6 is 11.8 Å². The Morgan fingerprint density at radius 3 is 2.95 bits per heavy atom. The Morgan fingerprint density at radius 1 is 1.60 bits per heavy atom. The second kappa shape index (κ2) is 6.08. The van der Waals surface area contributed by atoms with Crippen molar-refractivity contribution in [1.82, 2.24) is 4.98 Å². The van der Waals surface area contributed by atoms with E-state index < -0.39 is 10.9 Å². The number of aromatic nitrogens is 1. The molecule has 1 aliphatic carbocycles. The van der Waals surface area contributed by atoms with Gasteiger partial charge in [0.2, 0.25) is 5.82 Å². The molecule has 7 nitrogen and oxygen atoms in total. The van der Waals surface area contributed by atoms with Crippen LogP contribution in [-0.2, 0) is 0 Å². The number of hydrogen-bond acceptors (Lipinski definition) is 6. The van der Waals surface area contributed by atoms with Gasteiger partial charge >= 0.3 is 11.7 Å². The van der Waals surface area contributed by atoms with Crippen LogP contribution in [0.15, 0.2) is 12.3 Å². The molecule has 2 N–H and O–H groups in total. The number of pyridine rings is 1. The monoisotopic (exact) mass is 297 g/mol. The highest BCUT2D eigenvalue weighted by molar-refractivity contribution is 7.99. The Bertz CT molecular complexity index is 537. The lowest BCUT2D eigenvalue weighted by molar-refractivity contribution is -0.384. The van der Waals surface area contributed by atoms with Crippen LogP contribution in [0.25, 0.3) is 0 Å². The van der Waals surface area contributed by atoms with Crippen LogP contribution < -0.4 is 5.32 Å². The van der Waals surface area contributed by atoms with E-state index in [9.17, 15) is 14.9 Å². The molecule has 8 heteroatoms. The molecule has 1 aromatic rings. The van der Waals surface area contributed by atoms with Crippen molar-refractivity contribution < 1.29 is 14.8 Å². The van der Waals surface area contributed by atoms with Crippen LogP contribution in [0.4, 0.5) is 11.5 Å². The number of rotatable bonds is 5. The van der Waals surface area contributed by atoms with Gasteiger partial charge in [-0.2, -0.15) is 11.8 Å². The third kappa shape index (κ3) is 3.01. The molecule has 0 radical (unpaired) electrons. The van der Waals surface area contributed by atoms with Gasteiger partial charge in [-0.1, -0.05) is 6.42 Å². The lowest BCUT2D eigenvalue weighted by Crippen LogP contribution is -2.26. The fraction of sp³-hybridized carbons (Fsp3) is 0.500.